The number of hydrogen-bond acceptors (Lipinski definition) is 5. The lowest BCUT2D eigenvalue weighted by Crippen LogP contribution is -2.55. The van der Waals surface area contributed by atoms with E-state index in [0.29, 0.717) is 0 Å². The number of fused-ring (bicyclic) bond motifs is 1. The number of nitrogens with one attached hydrogen (secondary N) is 1. The molecule has 0 spiro atoms. The lowest BCUT2D eigenvalue weighted by Gasteiger charge is -2.34. The molecule has 0 aromatic carbocycles. The summed E-state index contributed by atoms with van der Waals surface area (Å²) in [5.74, 6) is -0.244. The van der Waals surface area contributed by atoms with Crippen LogP contribution in [0, 0.1) is 0 Å². The van der Waals surface area contributed by atoms with Gasteiger partial charge in [0.2, 0.25) is 0 Å². The quantitative estimate of drug-likeness (QED) is 0.623. The largest absolute Gasteiger partial charge is 0.374 e. The summed E-state index contributed by atoms with van der Waals surface area (Å²) in [6, 6.07) is -0.587. The van der Waals surface area contributed by atoms with Gasteiger partial charge in [0.05, 0.1) is 30.3 Å². The fourth-order valence-corrected chi connectivity index (χ4v) is 5.18. The van der Waals surface area contributed by atoms with E-state index in [9.17, 15) is 16.8 Å². The van der Waals surface area contributed by atoms with E-state index in [-0.39, 0.29) is 24.7 Å². The number of ether oxygens (including phenoxy) is 1. The Bertz CT molecular complexity index is 471. The van der Waals surface area contributed by atoms with Crippen molar-refractivity contribution in [3.63, 3.8) is 0 Å². The SMILES string of the molecule is CNS(=O)(=O)N1CCOC2CS(=O)(=O)CC21. The first-order valence-corrected chi connectivity index (χ1v) is 8.14. The van der Waals surface area contributed by atoms with Gasteiger partial charge in [-0.3, -0.25) is 0 Å². The van der Waals surface area contributed by atoms with Crippen molar-refractivity contribution in [2.45, 2.75) is 12.1 Å². The Morgan fingerprint density at radius 1 is 1.38 bits per heavy atom. The number of hydrogen-bond donors (Lipinski definition) is 1. The first-order chi connectivity index (χ1) is 7.36. The molecule has 94 valence electrons. The van der Waals surface area contributed by atoms with Crippen LogP contribution in [0.15, 0.2) is 0 Å². The Kier molecular flexibility index (Phi) is 2.99. The summed E-state index contributed by atoms with van der Waals surface area (Å²) in [7, 11) is -5.47. The van der Waals surface area contributed by atoms with Gasteiger partial charge >= 0.3 is 0 Å². The molecule has 0 aromatic rings. The van der Waals surface area contributed by atoms with E-state index in [4.69, 9.17) is 4.74 Å². The molecule has 0 aliphatic carbocycles. The molecule has 2 unspecified atom stereocenters. The van der Waals surface area contributed by atoms with Crippen molar-refractivity contribution in [3.8, 4) is 0 Å². The van der Waals surface area contributed by atoms with Gasteiger partial charge in [-0.05, 0) is 0 Å². The predicted octanol–water partition coefficient (Wildman–Crippen LogP) is -2.05. The van der Waals surface area contributed by atoms with Gasteiger partial charge in [0.1, 0.15) is 0 Å². The minimum absolute atomic E-state index is 0.0899. The summed E-state index contributed by atoms with van der Waals surface area (Å²) in [5.41, 5.74) is 0. The molecular formula is C7H14N2O5S2. The van der Waals surface area contributed by atoms with Crippen molar-refractivity contribution < 1.29 is 21.6 Å². The van der Waals surface area contributed by atoms with Gasteiger partial charge in [0.15, 0.2) is 9.84 Å². The Morgan fingerprint density at radius 3 is 2.69 bits per heavy atom. The highest BCUT2D eigenvalue weighted by molar-refractivity contribution is 7.92. The molecule has 2 aliphatic rings. The first kappa shape index (κ1) is 12.2. The third kappa shape index (κ3) is 2.09. The van der Waals surface area contributed by atoms with Gasteiger partial charge in [-0.2, -0.15) is 12.7 Å². The highest BCUT2D eigenvalue weighted by Crippen LogP contribution is 2.26. The predicted molar refractivity (Wildman–Crippen MR) is 56.9 cm³/mol. The van der Waals surface area contributed by atoms with Gasteiger partial charge in [-0.1, -0.05) is 0 Å². The van der Waals surface area contributed by atoms with Crippen molar-refractivity contribution in [3.05, 3.63) is 0 Å². The standard InChI is InChI=1S/C7H14N2O5S2/c1-8-16(12,13)9-2-3-14-7-5-15(10,11)4-6(7)9/h6-8H,2-5H2,1H3. The maximum Gasteiger partial charge on any atom is 0.279 e. The van der Waals surface area contributed by atoms with Crippen LogP contribution < -0.4 is 4.72 Å². The monoisotopic (exact) mass is 270 g/mol. The van der Waals surface area contributed by atoms with E-state index in [0.717, 1.165) is 0 Å². The Morgan fingerprint density at radius 2 is 2.06 bits per heavy atom. The summed E-state index contributed by atoms with van der Waals surface area (Å²) in [5, 5.41) is 0. The van der Waals surface area contributed by atoms with Crippen molar-refractivity contribution in [2.75, 3.05) is 31.7 Å². The second kappa shape index (κ2) is 3.91. The third-order valence-corrected chi connectivity index (χ3v) is 6.12. The average molecular weight is 270 g/mol. The minimum atomic E-state index is -3.59. The van der Waals surface area contributed by atoms with Crippen molar-refractivity contribution in [1.29, 1.82) is 0 Å². The molecule has 7 nitrogen and oxygen atoms in total. The molecule has 0 bridgehead atoms. The Labute approximate surface area is 94.9 Å². The second-order valence-corrected chi connectivity index (χ2v) is 7.85. The molecule has 0 saturated carbocycles. The van der Waals surface area contributed by atoms with Crippen LogP contribution in [0.5, 0.6) is 0 Å². The fourth-order valence-electron chi connectivity index (χ4n) is 2.10. The van der Waals surface area contributed by atoms with E-state index >= 15 is 0 Å². The molecule has 0 aromatic heterocycles. The Balaban J connectivity index is 2.30. The van der Waals surface area contributed by atoms with Crippen LogP contribution in [0.25, 0.3) is 0 Å². The number of nitrogens with zero attached hydrogens (tertiary/aromatic N) is 1. The summed E-state index contributed by atoms with van der Waals surface area (Å²) in [4.78, 5) is 0. The second-order valence-electron chi connectivity index (χ2n) is 3.87. The van der Waals surface area contributed by atoms with Crippen LogP contribution in [0.1, 0.15) is 0 Å². The molecule has 9 heteroatoms. The van der Waals surface area contributed by atoms with Crippen LogP contribution in [-0.2, 0) is 24.8 Å². The lowest BCUT2D eigenvalue weighted by molar-refractivity contribution is -0.0145. The molecule has 2 rings (SSSR count). The van der Waals surface area contributed by atoms with Crippen LogP contribution >= 0.6 is 0 Å². The number of rotatable bonds is 2. The maximum absolute atomic E-state index is 11.7. The van der Waals surface area contributed by atoms with Gasteiger partial charge in [-0.15, -0.1) is 0 Å². The highest BCUT2D eigenvalue weighted by atomic mass is 32.2. The molecule has 2 saturated heterocycles. The van der Waals surface area contributed by atoms with Gasteiger partial charge in [0.25, 0.3) is 10.2 Å². The van der Waals surface area contributed by atoms with Gasteiger partial charge < -0.3 is 4.74 Å². The fraction of sp³-hybridized carbons (Fsp3) is 1.00. The normalized spacial score (nSPS) is 34.8. The van der Waals surface area contributed by atoms with Gasteiger partial charge in [-0.25, -0.2) is 13.1 Å². The Hall–Kier alpha value is -0.220. The van der Waals surface area contributed by atoms with Crippen molar-refractivity contribution >= 4 is 20.0 Å². The first-order valence-electron chi connectivity index (χ1n) is 4.88. The van der Waals surface area contributed by atoms with Crippen molar-refractivity contribution in [2.24, 2.45) is 0 Å². The van der Waals surface area contributed by atoms with Crippen LogP contribution in [0.3, 0.4) is 0 Å². The molecule has 0 amide bonds. The minimum Gasteiger partial charge on any atom is -0.374 e. The van der Waals surface area contributed by atoms with E-state index in [1.807, 2.05) is 0 Å². The van der Waals surface area contributed by atoms with Crippen molar-refractivity contribution in [1.82, 2.24) is 9.03 Å². The van der Waals surface area contributed by atoms with Crippen LogP contribution in [0.2, 0.25) is 0 Å². The summed E-state index contributed by atoms with van der Waals surface area (Å²) >= 11 is 0. The summed E-state index contributed by atoms with van der Waals surface area (Å²) in [6.45, 7) is 0.428. The average Bonchev–Trinajstić information content (AvgIpc) is 2.50. The van der Waals surface area contributed by atoms with E-state index < -0.39 is 32.2 Å². The molecule has 2 aliphatic heterocycles. The molecule has 0 radical (unpaired) electrons. The topological polar surface area (TPSA) is 92.8 Å². The summed E-state index contributed by atoms with van der Waals surface area (Å²) in [6.07, 6.45) is -0.526. The van der Waals surface area contributed by atoms with Gasteiger partial charge in [0, 0.05) is 13.6 Å². The third-order valence-electron chi connectivity index (χ3n) is 2.85. The van der Waals surface area contributed by atoms with Crippen LogP contribution in [-0.4, -0.2) is 65.0 Å². The summed E-state index contributed by atoms with van der Waals surface area (Å²) < 4.78 is 54.9. The molecule has 1 N–H and O–H groups in total. The zero-order valence-electron chi connectivity index (χ0n) is 8.79. The van der Waals surface area contributed by atoms with E-state index in [1.54, 1.807) is 0 Å². The molecule has 2 atom stereocenters. The van der Waals surface area contributed by atoms with E-state index in [2.05, 4.69) is 4.72 Å². The molecule has 2 fully saturated rings. The zero-order chi connectivity index (χ0) is 12.0. The zero-order valence-corrected chi connectivity index (χ0v) is 10.4. The smallest absolute Gasteiger partial charge is 0.279 e. The molecular weight excluding hydrogens is 256 g/mol. The van der Waals surface area contributed by atoms with Crippen LogP contribution in [0.4, 0.5) is 0 Å². The van der Waals surface area contributed by atoms with E-state index in [1.165, 1.54) is 11.4 Å². The lowest BCUT2D eigenvalue weighted by atomic mass is 10.2. The molecule has 2 heterocycles. The molecule has 16 heavy (non-hydrogen) atoms. The number of sulfone groups is 1. The highest BCUT2D eigenvalue weighted by Gasteiger charge is 2.47. The maximum atomic E-state index is 11.7. The number of morpholine rings is 1.